The highest BCUT2D eigenvalue weighted by atomic mass is 35.5. The van der Waals surface area contributed by atoms with E-state index >= 15 is 0 Å². The number of amides is 1. The number of rotatable bonds is 7. The fraction of sp³-hybridized carbons (Fsp3) is 0.263. The Kier molecular flexibility index (Phi) is 6.86. The van der Waals surface area contributed by atoms with Crippen LogP contribution in [0, 0.1) is 0 Å². The Bertz CT molecular complexity index is 776. The topological polar surface area (TPSA) is 67.9 Å². The van der Waals surface area contributed by atoms with E-state index < -0.39 is 11.9 Å². The van der Waals surface area contributed by atoms with Crippen LogP contribution in [-0.4, -0.2) is 39.7 Å². The van der Waals surface area contributed by atoms with Gasteiger partial charge in [0.15, 0.2) is 6.61 Å². The number of esters is 1. The largest absolute Gasteiger partial charge is 0.496 e. The fourth-order valence-electron chi connectivity index (χ4n) is 2.21. The maximum atomic E-state index is 12.1. The minimum Gasteiger partial charge on any atom is -0.496 e. The lowest BCUT2D eigenvalue weighted by molar-refractivity contribution is -0.124. The Morgan fingerprint density at radius 1 is 1.12 bits per heavy atom. The molecule has 0 aliphatic rings. The summed E-state index contributed by atoms with van der Waals surface area (Å²) in [5, 5.41) is 3.09. The molecular weight excluding hydrogens is 356 g/mol. The van der Waals surface area contributed by atoms with Crippen LogP contribution in [-0.2, 0) is 16.1 Å². The number of anilines is 1. The zero-order valence-corrected chi connectivity index (χ0v) is 15.7. The molecule has 0 saturated heterocycles. The SMILES string of the molecule is COc1ccc(Cl)cc1C(=O)OCC(=O)NCc1ccc(N(C)C)cc1. The molecule has 0 saturated carbocycles. The van der Waals surface area contributed by atoms with Crippen molar-refractivity contribution in [3.8, 4) is 5.75 Å². The van der Waals surface area contributed by atoms with Crippen LogP contribution in [0.1, 0.15) is 15.9 Å². The number of hydrogen-bond acceptors (Lipinski definition) is 5. The van der Waals surface area contributed by atoms with Crippen molar-refractivity contribution in [3.05, 3.63) is 58.6 Å². The highest BCUT2D eigenvalue weighted by Crippen LogP contribution is 2.23. The minimum atomic E-state index is -0.671. The van der Waals surface area contributed by atoms with Crippen LogP contribution in [0.25, 0.3) is 0 Å². The molecule has 0 heterocycles. The predicted octanol–water partition coefficient (Wildman–Crippen LogP) is 2.89. The third-order valence-corrected chi connectivity index (χ3v) is 3.89. The van der Waals surface area contributed by atoms with Crippen LogP contribution in [0.5, 0.6) is 5.75 Å². The van der Waals surface area contributed by atoms with Crippen LogP contribution >= 0.6 is 11.6 Å². The molecular formula is C19H21ClN2O4. The number of carbonyl (C=O) groups is 2. The summed E-state index contributed by atoms with van der Waals surface area (Å²) in [5.74, 6) is -0.730. The van der Waals surface area contributed by atoms with E-state index in [9.17, 15) is 9.59 Å². The average molecular weight is 377 g/mol. The summed E-state index contributed by atoms with van der Waals surface area (Å²) in [6, 6.07) is 12.4. The predicted molar refractivity (Wildman–Crippen MR) is 101 cm³/mol. The van der Waals surface area contributed by atoms with Gasteiger partial charge in [-0.25, -0.2) is 4.79 Å². The zero-order valence-electron chi connectivity index (χ0n) is 14.9. The van der Waals surface area contributed by atoms with E-state index in [1.54, 1.807) is 12.1 Å². The maximum absolute atomic E-state index is 12.1. The van der Waals surface area contributed by atoms with E-state index in [0.717, 1.165) is 11.3 Å². The molecule has 0 aromatic heterocycles. The third kappa shape index (κ3) is 5.39. The molecule has 0 aliphatic heterocycles. The molecule has 6 nitrogen and oxygen atoms in total. The summed E-state index contributed by atoms with van der Waals surface area (Å²) < 4.78 is 10.1. The highest BCUT2D eigenvalue weighted by Gasteiger charge is 2.16. The molecule has 0 aliphatic carbocycles. The van der Waals surface area contributed by atoms with Crippen LogP contribution in [0.15, 0.2) is 42.5 Å². The van der Waals surface area contributed by atoms with Gasteiger partial charge < -0.3 is 19.7 Å². The van der Waals surface area contributed by atoms with Crippen molar-refractivity contribution >= 4 is 29.2 Å². The van der Waals surface area contributed by atoms with E-state index in [0.29, 0.717) is 17.3 Å². The first kappa shape index (κ1) is 19.6. The maximum Gasteiger partial charge on any atom is 0.342 e. The molecule has 7 heteroatoms. The van der Waals surface area contributed by atoms with Crippen LogP contribution in [0.3, 0.4) is 0 Å². The summed E-state index contributed by atoms with van der Waals surface area (Å²) >= 11 is 5.88. The summed E-state index contributed by atoms with van der Waals surface area (Å²) in [6.45, 7) is -0.0329. The van der Waals surface area contributed by atoms with Crippen molar-refractivity contribution < 1.29 is 19.1 Å². The van der Waals surface area contributed by atoms with Gasteiger partial charge in [-0.15, -0.1) is 0 Å². The number of methoxy groups -OCH3 is 1. The standard InChI is InChI=1S/C19H21ClN2O4/c1-22(2)15-7-4-13(5-8-15)11-21-18(23)12-26-19(24)16-10-14(20)6-9-17(16)25-3/h4-10H,11-12H2,1-3H3,(H,21,23). The van der Waals surface area contributed by atoms with E-state index in [1.165, 1.54) is 13.2 Å². The Balaban J connectivity index is 1.85. The lowest BCUT2D eigenvalue weighted by Gasteiger charge is -2.13. The molecule has 138 valence electrons. The number of hydrogen-bond donors (Lipinski definition) is 1. The quantitative estimate of drug-likeness (QED) is 0.752. The first-order valence-corrected chi connectivity index (χ1v) is 8.32. The van der Waals surface area contributed by atoms with Crippen LogP contribution in [0.4, 0.5) is 5.69 Å². The van der Waals surface area contributed by atoms with Gasteiger partial charge in [0, 0.05) is 31.4 Å². The van der Waals surface area contributed by atoms with Gasteiger partial charge in [0.2, 0.25) is 0 Å². The third-order valence-electron chi connectivity index (χ3n) is 3.66. The Morgan fingerprint density at radius 3 is 2.42 bits per heavy atom. The lowest BCUT2D eigenvalue weighted by Crippen LogP contribution is -2.28. The summed E-state index contributed by atoms with van der Waals surface area (Å²) in [4.78, 5) is 26.0. The zero-order chi connectivity index (χ0) is 19.1. The fourth-order valence-corrected chi connectivity index (χ4v) is 2.38. The molecule has 0 radical (unpaired) electrons. The van der Waals surface area contributed by atoms with Gasteiger partial charge >= 0.3 is 5.97 Å². The Labute approximate surface area is 157 Å². The first-order valence-electron chi connectivity index (χ1n) is 7.94. The molecule has 1 N–H and O–H groups in total. The highest BCUT2D eigenvalue weighted by molar-refractivity contribution is 6.31. The molecule has 0 unspecified atom stereocenters. The van der Waals surface area contributed by atoms with Gasteiger partial charge in [0.25, 0.3) is 5.91 Å². The van der Waals surface area contributed by atoms with Crippen LogP contribution in [0.2, 0.25) is 5.02 Å². The molecule has 0 atom stereocenters. The molecule has 2 aromatic carbocycles. The van der Waals surface area contributed by atoms with Gasteiger partial charge in [-0.05, 0) is 35.9 Å². The number of nitrogens with one attached hydrogen (secondary N) is 1. The Hall–Kier alpha value is -2.73. The molecule has 0 fully saturated rings. The lowest BCUT2D eigenvalue weighted by atomic mass is 10.2. The second-order valence-corrected chi connectivity index (χ2v) is 6.19. The number of carbonyl (C=O) groups excluding carboxylic acids is 2. The van der Waals surface area contributed by atoms with Crippen molar-refractivity contribution in [1.29, 1.82) is 0 Å². The number of halogens is 1. The number of benzene rings is 2. The monoisotopic (exact) mass is 376 g/mol. The summed E-state index contributed by atoms with van der Waals surface area (Å²) in [6.07, 6.45) is 0. The van der Waals surface area contributed by atoms with Crippen molar-refractivity contribution in [2.24, 2.45) is 0 Å². The molecule has 0 spiro atoms. The van der Waals surface area contributed by atoms with Crippen molar-refractivity contribution in [2.75, 3.05) is 32.7 Å². The summed E-state index contributed by atoms with van der Waals surface area (Å²) in [7, 11) is 5.36. The average Bonchev–Trinajstić information content (AvgIpc) is 2.64. The molecule has 26 heavy (non-hydrogen) atoms. The van der Waals surface area contributed by atoms with E-state index in [4.69, 9.17) is 21.1 Å². The minimum absolute atomic E-state index is 0.173. The smallest absolute Gasteiger partial charge is 0.342 e. The normalized spacial score (nSPS) is 10.2. The van der Waals surface area contributed by atoms with Crippen molar-refractivity contribution in [2.45, 2.75) is 6.54 Å². The molecule has 2 aromatic rings. The molecule has 0 bridgehead atoms. The van der Waals surface area contributed by atoms with Gasteiger partial charge in [-0.3, -0.25) is 4.79 Å². The van der Waals surface area contributed by atoms with E-state index in [-0.39, 0.29) is 12.2 Å². The number of ether oxygens (including phenoxy) is 2. The van der Waals surface area contributed by atoms with Gasteiger partial charge in [0.05, 0.1) is 7.11 Å². The van der Waals surface area contributed by atoms with E-state index in [2.05, 4.69) is 5.32 Å². The van der Waals surface area contributed by atoms with Gasteiger partial charge in [-0.1, -0.05) is 23.7 Å². The molecule has 1 amide bonds. The Morgan fingerprint density at radius 2 is 1.81 bits per heavy atom. The van der Waals surface area contributed by atoms with E-state index in [1.807, 2.05) is 43.3 Å². The van der Waals surface area contributed by atoms with Crippen molar-refractivity contribution in [1.82, 2.24) is 5.32 Å². The first-order chi connectivity index (χ1) is 12.4. The number of nitrogens with zero attached hydrogens (tertiary/aromatic N) is 1. The second-order valence-electron chi connectivity index (χ2n) is 5.76. The van der Waals surface area contributed by atoms with Crippen molar-refractivity contribution in [3.63, 3.8) is 0 Å². The molecule has 2 rings (SSSR count). The van der Waals surface area contributed by atoms with Crippen LogP contribution < -0.4 is 15.0 Å². The second kappa shape index (κ2) is 9.10. The van der Waals surface area contributed by atoms with Gasteiger partial charge in [-0.2, -0.15) is 0 Å². The van der Waals surface area contributed by atoms with Gasteiger partial charge in [0.1, 0.15) is 11.3 Å². The summed E-state index contributed by atoms with van der Waals surface area (Å²) in [5.41, 5.74) is 2.20.